The number of ether oxygens (including phenoxy) is 1. The average molecular weight is 293 g/mol. The van der Waals surface area contributed by atoms with Crippen molar-refractivity contribution in [1.29, 1.82) is 0 Å². The minimum atomic E-state index is -2.07. The van der Waals surface area contributed by atoms with Gasteiger partial charge in [0.25, 0.3) is 0 Å². The molecule has 1 amide bonds. The summed E-state index contributed by atoms with van der Waals surface area (Å²) in [4.78, 5) is 13.4. The summed E-state index contributed by atoms with van der Waals surface area (Å²) in [5.74, 6) is 0.521. The van der Waals surface area contributed by atoms with Gasteiger partial charge in [-0.2, -0.15) is 0 Å². The molecule has 1 aromatic rings. The van der Waals surface area contributed by atoms with E-state index in [1.54, 1.807) is 12.0 Å². The van der Waals surface area contributed by atoms with E-state index in [1.165, 1.54) is 0 Å². The average Bonchev–Trinajstić information content (AvgIpc) is 2.72. The minimum Gasteiger partial charge on any atom is -1.00 e. The smallest absolute Gasteiger partial charge is 1.00 e. The summed E-state index contributed by atoms with van der Waals surface area (Å²) in [6.45, 7) is 0.998. The molecule has 1 aliphatic rings. The summed E-state index contributed by atoms with van der Waals surface area (Å²) in [6, 6.07) is 7.43. The number of hydrogen-bond donors (Lipinski definition) is 1. The Bertz CT molecular complexity index is 471. The van der Waals surface area contributed by atoms with Gasteiger partial charge in [0.2, 0.25) is 5.91 Å². The molecule has 2 rings (SSSR count). The third-order valence-electron chi connectivity index (χ3n) is 3.02. The second kappa shape index (κ2) is 7.40. The quantitative estimate of drug-likeness (QED) is 0.522. The Hall–Kier alpha value is -0.400. The number of rotatable bonds is 4. The molecule has 0 aromatic heterocycles. The molecule has 1 aliphatic heterocycles. The standard InChI is InChI=1S/C12H15NO4S.Na.H/c1-17-10-4-2-9(3-5-10)8-13-7-6-11(12(13)14)18(15)16;;/h2-5,11H,6-8H2,1H3,(H,15,16);;/q;+1;-1. The van der Waals surface area contributed by atoms with E-state index in [1.807, 2.05) is 24.3 Å². The molecule has 19 heavy (non-hydrogen) atoms. The maximum atomic E-state index is 11.8. The third kappa shape index (κ3) is 4.03. The maximum Gasteiger partial charge on any atom is 1.00 e. The molecule has 2 unspecified atom stereocenters. The van der Waals surface area contributed by atoms with Crippen LogP contribution in [0.4, 0.5) is 0 Å². The number of carbonyl (C=O) groups is 1. The van der Waals surface area contributed by atoms with Crippen molar-refractivity contribution in [2.24, 2.45) is 0 Å². The molecule has 1 N–H and O–H groups in total. The number of nitrogens with zero attached hydrogens (tertiary/aromatic N) is 1. The number of benzene rings is 1. The first-order valence-corrected chi connectivity index (χ1v) is 6.80. The van der Waals surface area contributed by atoms with E-state index in [-0.39, 0.29) is 36.9 Å². The Morgan fingerprint density at radius 1 is 1.47 bits per heavy atom. The van der Waals surface area contributed by atoms with Crippen LogP contribution in [0, 0.1) is 0 Å². The van der Waals surface area contributed by atoms with Gasteiger partial charge in [0.1, 0.15) is 11.0 Å². The van der Waals surface area contributed by atoms with Crippen LogP contribution in [-0.2, 0) is 22.4 Å². The van der Waals surface area contributed by atoms with E-state index in [2.05, 4.69) is 0 Å². The predicted octanol–water partition coefficient (Wildman–Crippen LogP) is -1.87. The van der Waals surface area contributed by atoms with Crippen LogP contribution in [-0.4, -0.2) is 38.5 Å². The third-order valence-corrected chi connectivity index (χ3v) is 3.95. The van der Waals surface area contributed by atoms with Crippen LogP contribution in [0.1, 0.15) is 13.4 Å². The number of hydrogen-bond acceptors (Lipinski definition) is 3. The second-order valence-corrected chi connectivity index (χ2v) is 5.28. The zero-order chi connectivity index (χ0) is 13.1. The first-order valence-electron chi connectivity index (χ1n) is 5.63. The Morgan fingerprint density at radius 3 is 2.58 bits per heavy atom. The summed E-state index contributed by atoms with van der Waals surface area (Å²) >= 11 is -2.07. The van der Waals surface area contributed by atoms with Crippen LogP contribution < -0.4 is 34.3 Å². The predicted molar refractivity (Wildman–Crippen MR) is 68.7 cm³/mol. The summed E-state index contributed by atoms with van der Waals surface area (Å²) in [5.41, 5.74) is 0.980. The Morgan fingerprint density at radius 2 is 2.11 bits per heavy atom. The van der Waals surface area contributed by atoms with Gasteiger partial charge < -0.3 is 15.6 Å². The number of amides is 1. The molecule has 7 heteroatoms. The molecule has 0 spiro atoms. The van der Waals surface area contributed by atoms with Crippen molar-refractivity contribution in [3.8, 4) is 5.75 Å². The summed E-state index contributed by atoms with van der Waals surface area (Å²) in [6.07, 6.45) is 0.443. The summed E-state index contributed by atoms with van der Waals surface area (Å²) < 4.78 is 25.0. The first kappa shape index (κ1) is 16.7. The fourth-order valence-corrected chi connectivity index (χ4v) is 2.63. The molecular formula is C12H16NNaO4S. The zero-order valence-electron chi connectivity index (χ0n) is 12.0. The van der Waals surface area contributed by atoms with Gasteiger partial charge >= 0.3 is 29.6 Å². The van der Waals surface area contributed by atoms with Crippen molar-refractivity contribution in [3.63, 3.8) is 0 Å². The molecule has 0 saturated carbocycles. The van der Waals surface area contributed by atoms with E-state index >= 15 is 0 Å². The van der Waals surface area contributed by atoms with Crippen LogP contribution in [0.3, 0.4) is 0 Å². The molecule has 2 atom stereocenters. The van der Waals surface area contributed by atoms with Crippen LogP contribution in [0.2, 0.25) is 0 Å². The van der Waals surface area contributed by atoms with E-state index in [9.17, 15) is 9.00 Å². The summed E-state index contributed by atoms with van der Waals surface area (Å²) in [7, 11) is 1.60. The van der Waals surface area contributed by atoms with Gasteiger partial charge in [-0.15, -0.1) is 0 Å². The molecular weight excluding hydrogens is 277 g/mol. The van der Waals surface area contributed by atoms with Gasteiger partial charge in [-0.3, -0.25) is 4.79 Å². The topological polar surface area (TPSA) is 66.8 Å². The molecule has 1 saturated heterocycles. The van der Waals surface area contributed by atoms with Crippen LogP contribution in [0.15, 0.2) is 24.3 Å². The SMILES string of the molecule is COc1ccc(CN2CCC(S(=O)O)C2=O)cc1.[H-].[Na+]. The van der Waals surface area contributed by atoms with Gasteiger partial charge in [-0.05, 0) is 24.1 Å². The van der Waals surface area contributed by atoms with Crippen molar-refractivity contribution in [2.45, 2.75) is 18.2 Å². The number of likely N-dealkylation sites (tertiary alicyclic amines) is 1. The molecule has 1 aromatic carbocycles. The van der Waals surface area contributed by atoms with E-state index in [4.69, 9.17) is 9.29 Å². The molecule has 1 heterocycles. The van der Waals surface area contributed by atoms with Gasteiger partial charge in [0.05, 0.1) is 7.11 Å². The van der Waals surface area contributed by atoms with Gasteiger partial charge in [0, 0.05) is 13.1 Å². The van der Waals surface area contributed by atoms with Crippen LogP contribution >= 0.6 is 0 Å². The molecule has 0 radical (unpaired) electrons. The van der Waals surface area contributed by atoms with Crippen molar-refractivity contribution in [1.82, 2.24) is 4.90 Å². The first-order chi connectivity index (χ1) is 8.61. The Labute approximate surface area is 138 Å². The van der Waals surface area contributed by atoms with Crippen molar-refractivity contribution in [3.05, 3.63) is 29.8 Å². The minimum absolute atomic E-state index is 0. The van der Waals surface area contributed by atoms with Crippen LogP contribution in [0.5, 0.6) is 5.75 Å². The number of carbonyl (C=O) groups excluding carboxylic acids is 1. The maximum absolute atomic E-state index is 11.8. The molecule has 0 aliphatic carbocycles. The van der Waals surface area contributed by atoms with Crippen molar-refractivity contribution in [2.75, 3.05) is 13.7 Å². The van der Waals surface area contributed by atoms with Crippen molar-refractivity contribution < 1.29 is 49.3 Å². The largest absolute Gasteiger partial charge is 1.00 e. The van der Waals surface area contributed by atoms with E-state index in [0.29, 0.717) is 19.5 Å². The monoisotopic (exact) mass is 293 g/mol. The van der Waals surface area contributed by atoms with Gasteiger partial charge in [-0.1, -0.05) is 12.1 Å². The van der Waals surface area contributed by atoms with Crippen molar-refractivity contribution >= 4 is 17.0 Å². The molecule has 1 fully saturated rings. The Kier molecular flexibility index (Phi) is 6.49. The summed E-state index contributed by atoms with van der Waals surface area (Å²) in [5, 5.41) is -0.761. The fraction of sp³-hybridized carbons (Fsp3) is 0.417. The van der Waals surface area contributed by atoms with Gasteiger partial charge in [-0.25, -0.2) is 4.21 Å². The fourth-order valence-electron chi connectivity index (χ4n) is 2.01. The second-order valence-electron chi connectivity index (χ2n) is 4.16. The Balaban J connectivity index is 0.00000180. The molecule has 0 bridgehead atoms. The molecule has 5 nitrogen and oxygen atoms in total. The van der Waals surface area contributed by atoms with Gasteiger partial charge in [0.15, 0.2) is 11.1 Å². The number of methoxy groups -OCH3 is 1. The van der Waals surface area contributed by atoms with Crippen LogP contribution in [0.25, 0.3) is 0 Å². The molecule has 100 valence electrons. The normalized spacial score (nSPS) is 20.0. The van der Waals surface area contributed by atoms with E-state index in [0.717, 1.165) is 11.3 Å². The van der Waals surface area contributed by atoms with E-state index < -0.39 is 16.3 Å². The zero-order valence-corrected chi connectivity index (χ0v) is 13.9.